The third-order valence-electron chi connectivity index (χ3n) is 1.51. The van der Waals surface area contributed by atoms with Crippen molar-refractivity contribution in [2.75, 3.05) is 27.2 Å². The zero-order valence-electron chi connectivity index (χ0n) is 7.20. The fourth-order valence-electron chi connectivity index (χ4n) is 0.847. The van der Waals surface area contributed by atoms with Crippen LogP contribution >= 0.6 is 0 Å². The molecule has 0 radical (unpaired) electrons. The number of likely N-dealkylation sites (N-methyl/N-ethyl adjacent to an activating group) is 1. The van der Waals surface area contributed by atoms with E-state index in [4.69, 9.17) is 0 Å². The average Bonchev–Trinajstić information content (AvgIpc) is 1.98. The summed E-state index contributed by atoms with van der Waals surface area (Å²) in [6, 6.07) is 0. The fraction of sp³-hybridized carbons (Fsp3) is 0.750. The maximum atomic E-state index is 3.13. The predicted octanol–water partition coefficient (Wildman–Crippen LogP) is 0.762. The van der Waals surface area contributed by atoms with E-state index < -0.39 is 0 Å². The van der Waals surface area contributed by atoms with Gasteiger partial charge in [-0.05, 0) is 34.0 Å². The van der Waals surface area contributed by atoms with Gasteiger partial charge in [0.1, 0.15) is 0 Å². The van der Waals surface area contributed by atoms with E-state index in [0.29, 0.717) is 0 Å². The van der Waals surface area contributed by atoms with Crippen molar-refractivity contribution in [3.05, 3.63) is 11.6 Å². The number of hydrogen-bond donors (Lipinski definition) is 2. The lowest BCUT2D eigenvalue weighted by Crippen LogP contribution is -2.15. The van der Waals surface area contributed by atoms with Gasteiger partial charge in [0.25, 0.3) is 0 Å². The van der Waals surface area contributed by atoms with Gasteiger partial charge in [0.05, 0.1) is 0 Å². The highest BCUT2D eigenvalue weighted by Gasteiger charge is 1.91. The molecule has 0 rings (SSSR count). The first-order valence-corrected chi connectivity index (χ1v) is 3.78. The van der Waals surface area contributed by atoms with Crippen LogP contribution in [0.2, 0.25) is 0 Å². The van der Waals surface area contributed by atoms with Crippen LogP contribution in [0.15, 0.2) is 11.6 Å². The van der Waals surface area contributed by atoms with Crippen LogP contribution in [0.5, 0.6) is 0 Å². The normalized spacial score (nSPS) is 12.1. The highest BCUT2D eigenvalue weighted by Crippen LogP contribution is 1.96. The van der Waals surface area contributed by atoms with E-state index in [1.807, 2.05) is 14.1 Å². The molecule has 0 saturated heterocycles. The predicted molar refractivity (Wildman–Crippen MR) is 46.2 cm³/mol. The summed E-state index contributed by atoms with van der Waals surface area (Å²) in [5.74, 6) is 0. The lowest BCUT2D eigenvalue weighted by Gasteiger charge is -2.04. The Hall–Kier alpha value is -0.340. The van der Waals surface area contributed by atoms with Crippen LogP contribution in [-0.2, 0) is 0 Å². The molecule has 0 spiro atoms. The second-order valence-electron chi connectivity index (χ2n) is 2.33. The average molecular weight is 142 g/mol. The molecule has 0 aromatic heterocycles. The zero-order chi connectivity index (χ0) is 7.82. The van der Waals surface area contributed by atoms with Crippen molar-refractivity contribution >= 4 is 0 Å². The Morgan fingerprint density at radius 2 is 2.00 bits per heavy atom. The highest BCUT2D eigenvalue weighted by molar-refractivity contribution is 5.02. The standard InChI is InChI=1S/C8H18N2/c1-4-8(7-10-3)5-6-9-2/h4,9-10H,5-7H2,1-3H3/b8-4+. The number of rotatable bonds is 5. The van der Waals surface area contributed by atoms with Crippen molar-refractivity contribution < 1.29 is 0 Å². The summed E-state index contributed by atoms with van der Waals surface area (Å²) in [5.41, 5.74) is 1.47. The summed E-state index contributed by atoms with van der Waals surface area (Å²) in [4.78, 5) is 0. The van der Waals surface area contributed by atoms with Gasteiger partial charge in [-0.25, -0.2) is 0 Å². The van der Waals surface area contributed by atoms with Gasteiger partial charge >= 0.3 is 0 Å². The minimum absolute atomic E-state index is 1.01. The maximum absolute atomic E-state index is 3.13. The van der Waals surface area contributed by atoms with E-state index in [1.54, 1.807) is 0 Å². The van der Waals surface area contributed by atoms with Crippen molar-refractivity contribution in [1.82, 2.24) is 10.6 Å². The monoisotopic (exact) mass is 142 g/mol. The smallest absolute Gasteiger partial charge is 0.0161 e. The van der Waals surface area contributed by atoms with Crippen LogP contribution in [0.3, 0.4) is 0 Å². The van der Waals surface area contributed by atoms with Gasteiger partial charge in [-0.3, -0.25) is 0 Å². The van der Waals surface area contributed by atoms with Gasteiger partial charge in [0.15, 0.2) is 0 Å². The molecule has 0 aromatic rings. The van der Waals surface area contributed by atoms with Gasteiger partial charge < -0.3 is 10.6 Å². The fourth-order valence-corrected chi connectivity index (χ4v) is 0.847. The molecule has 0 aliphatic carbocycles. The van der Waals surface area contributed by atoms with Crippen molar-refractivity contribution in [2.45, 2.75) is 13.3 Å². The first-order valence-electron chi connectivity index (χ1n) is 3.78. The van der Waals surface area contributed by atoms with Crippen LogP contribution in [0, 0.1) is 0 Å². The molecular weight excluding hydrogens is 124 g/mol. The van der Waals surface area contributed by atoms with E-state index in [-0.39, 0.29) is 0 Å². The zero-order valence-corrected chi connectivity index (χ0v) is 7.20. The molecule has 0 aromatic carbocycles. The van der Waals surface area contributed by atoms with Crippen LogP contribution < -0.4 is 10.6 Å². The van der Waals surface area contributed by atoms with Crippen molar-refractivity contribution in [2.24, 2.45) is 0 Å². The minimum atomic E-state index is 1.01. The molecule has 2 heteroatoms. The Morgan fingerprint density at radius 3 is 2.40 bits per heavy atom. The van der Waals surface area contributed by atoms with E-state index >= 15 is 0 Å². The molecule has 0 aliphatic rings. The molecule has 0 aliphatic heterocycles. The second kappa shape index (κ2) is 6.78. The summed E-state index contributed by atoms with van der Waals surface area (Å²) in [6.45, 7) is 4.17. The number of hydrogen-bond acceptors (Lipinski definition) is 2. The maximum Gasteiger partial charge on any atom is 0.0161 e. The lowest BCUT2D eigenvalue weighted by molar-refractivity contribution is 0.747. The summed E-state index contributed by atoms with van der Waals surface area (Å²) >= 11 is 0. The SMILES string of the molecule is C/C=C(\CCNC)CNC. The van der Waals surface area contributed by atoms with E-state index in [2.05, 4.69) is 23.6 Å². The first kappa shape index (κ1) is 9.66. The Bertz CT molecular complexity index is 97.4. The van der Waals surface area contributed by atoms with Gasteiger partial charge in [0, 0.05) is 6.54 Å². The topological polar surface area (TPSA) is 24.1 Å². The van der Waals surface area contributed by atoms with Crippen LogP contribution in [0.25, 0.3) is 0 Å². The van der Waals surface area contributed by atoms with E-state index in [0.717, 1.165) is 19.5 Å². The molecule has 0 saturated carbocycles. The molecule has 0 amide bonds. The summed E-state index contributed by atoms with van der Waals surface area (Å²) in [6.07, 6.45) is 3.32. The summed E-state index contributed by atoms with van der Waals surface area (Å²) in [5, 5.41) is 6.25. The quantitative estimate of drug-likeness (QED) is 0.554. The minimum Gasteiger partial charge on any atom is -0.319 e. The molecule has 0 unspecified atom stereocenters. The van der Waals surface area contributed by atoms with Crippen LogP contribution in [0.4, 0.5) is 0 Å². The molecule has 60 valence electrons. The largest absolute Gasteiger partial charge is 0.319 e. The molecular formula is C8H18N2. The van der Waals surface area contributed by atoms with Crippen LogP contribution in [-0.4, -0.2) is 27.2 Å². The number of allylic oxidation sites excluding steroid dienone is 1. The van der Waals surface area contributed by atoms with E-state index in [1.165, 1.54) is 5.57 Å². The van der Waals surface area contributed by atoms with E-state index in [9.17, 15) is 0 Å². The van der Waals surface area contributed by atoms with Gasteiger partial charge in [-0.15, -0.1) is 0 Å². The van der Waals surface area contributed by atoms with Gasteiger partial charge in [-0.1, -0.05) is 11.6 Å². The molecule has 2 N–H and O–H groups in total. The lowest BCUT2D eigenvalue weighted by atomic mass is 10.2. The van der Waals surface area contributed by atoms with Crippen molar-refractivity contribution in [3.8, 4) is 0 Å². The molecule has 0 fully saturated rings. The molecule has 10 heavy (non-hydrogen) atoms. The molecule has 0 bridgehead atoms. The summed E-state index contributed by atoms with van der Waals surface area (Å²) < 4.78 is 0. The first-order chi connectivity index (χ1) is 4.85. The Labute approximate surface area is 63.7 Å². The van der Waals surface area contributed by atoms with Crippen LogP contribution in [0.1, 0.15) is 13.3 Å². The van der Waals surface area contributed by atoms with Gasteiger partial charge in [-0.2, -0.15) is 0 Å². The second-order valence-corrected chi connectivity index (χ2v) is 2.33. The van der Waals surface area contributed by atoms with Crippen molar-refractivity contribution in [3.63, 3.8) is 0 Å². The highest BCUT2D eigenvalue weighted by atomic mass is 14.8. The number of nitrogens with one attached hydrogen (secondary N) is 2. The molecule has 0 atom stereocenters. The Kier molecular flexibility index (Phi) is 6.55. The Morgan fingerprint density at radius 1 is 1.30 bits per heavy atom. The van der Waals surface area contributed by atoms with Gasteiger partial charge in [0.2, 0.25) is 0 Å². The van der Waals surface area contributed by atoms with Crippen molar-refractivity contribution in [1.29, 1.82) is 0 Å². The third kappa shape index (κ3) is 4.53. The summed E-state index contributed by atoms with van der Waals surface area (Å²) in [7, 11) is 3.95. The molecule has 0 heterocycles. The third-order valence-corrected chi connectivity index (χ3v) is 1.51. The Balaban J connectivity index is 3.41. The molecule has 2 nitrogen and oxygen atoms in total.